The number of Topliss-reactive ketones (excluding diaryl/α,β-unsaturated/α-hetero) is 1. The second-order valence-corrected chi connectivity index (χ2v) is 3.06. The molecule has 0 aromatic carbocycles. The monoisotopic (exact) mass is 209 g/mol. The Labute approximate surface area is 93.3 Å². The zero-order valence-corrected chi connectivity index (χ0v) is 10.6. The van der Waals surface area contributed by atoms with E-state index < -0.39 is 0 Å². The lowest BCUT2D eigenvalue weighted by Crippen LogP contribution is -2.11. The van der Waals surface area contributed by atoms with Gasteiger partial charge in [0.25, 0.3) is 0 Å². The van der Waals surface area contributed by atoms with E-state index in [2.05, 4.69) is 0 Å². The Morgan fingerprint density at radius 1 is 1.13 bits per heavy atom. The molecule has 1 aliphatic rings. The molecule has 2 rings (SSSR count). The topological polar surface area (TPSA) is 22.0 Å². The quantitative estimate of drug-likeness (QED) is 0.640. The number of carbonyl (C=O) groups excluding carboxylic acids is 1. The van der Waals surface area contributed by atoms with Crippen LogP contribution in [0.15, 0.2) is 12.3 Å². The molecule has 2 heteroatoms. The first-order chi connectivity index (χ1) is 7.29. The molecule has 0 saturated carbocycles. The summed E-state index contributed by atoms with van der Waals surface area (Å²) in [6.45, 7) is 8.00. The van der Waals surface area contributed by atoms with E-state index in [1.807, 2.05) is 51.6 Å². The van der Waals surface area contributed by atoms with Crippen LogP contribution in [0.25, 0.3) is 0 Å². The average Bonchev–Trinajstić information content (AvgIpc) is 2.68. The predicted molar refractivity (Wildman–Crippen MR) is 65.4 cm³/mol. The van der Waals surface area contributed by atoms with Crippen molar-refractivity contribution in [3.05, 3.63) is 23.5 Å². The third-order valence-electron chi connectivity index (χ3n) is 2.32. The molecular weight excluding hydrogens is 186 g/mol. The van der Waals surface area contributed by atoms with Gasteiger partial charge in [-0.15, -0.1) is 0 Å². The van der Waals surface area contributed by atoms with Crippen LogP contribution in [-0.4, -0.2) is 10.4 Å². The molecule has 0 unspecified atom stereocenters. The first-order valence-electron chi connectivity index (χ1n) is 5.96. The summed E-state index contributed by atoms with van der Waals surface area (Å²) in [5.41, 5.74) is 2.15. The van der Waals surface area contributed by atoms with Crippen LogP contribution in [0.4, 0.5) is 0 Å². The van der Waals surface area contributed by atoms with Crippen LogP contribution < -0.4 is 0 Å². The summed E-state index contributed by atoms with van der Waals surface area (Å²) in [5.74, 6) is 0.312. The Morgan fingerprint density at radius 3 is 2.27 bits per heavy atom. The molecule has 1 aliphatic carbocycles. The fourth-order valence-corrected chi connectivity index (χ4v) is 1.68. The Bertz CT molecular complexity index is 299. The molecule has 15 heavy (non-hydrogen) atoms. The maximum atomic E-state index is 11.3. The summed E-state index contributed by atoms with van der Waals surface area (Å²) < 4.78 is 2.05. The van der Waals surface area contributed by atoms with Crippen LogP contribution in [0.1, 0.15) is 56.6 Å². The van der Waals surface area contributed by atoms with Crippen molar-refractivity contribution in [3.63, 3.8) is 0 Å². The maximum Gasteiger partial charge on any atom is 0.164 e. The van der Waals surface area contributed by atoms with Gasteiger partial charge in [-0.1, -0.05) is 27.7 Å². The highest BCUT2D eigenvalue weighted by Crippen LogP contribution is 2.20. The summed E-state index contributed by atoms with van der Waals surface area (Å²) >= 11 is 0. The average molecular weight is 209 g/mol. The van der Waals surface area contributed by atoms with Gasteiger partial charge in [0.1, 0.15) is 0 Å². The second kappa shape index (κ2) is 7.27. The minimum absolute atomic E-state index is 0.312. The SMILES string of the molecule is CC.CC.Cn1ccc2c1CCCC2=O. The normalized spacial score (nSPS) is 13.0. The summed E-state index contributed by atoms with van der Waals surface area (Å²) in [7, 11) is 2.00. The van der Waals surface area contributed by atoms with Crippen LogP contribution in [0.3, 0.4) is 0 Å². The van der Waals surface area contributed by atoms with E-state index in [-0.39, 0.29) is 0 Å². The number of aromatic nitrogens is 1. The van der Waals surface area contributed by atoms with Crippen LogP contribution in [0.5, 0.6) is 0 Å². The number of rotatable bonds is 0. The standard InChI is InChI=1S/C9H11NO.2C2H6/c1-10-6-5-7-8(10)3-2-4-9(7)11;2*1-2/h5-6H,2-4H2,1H3;2*1-2H3. The fourth-order valence-electron chi connectivity index (χ4n) is 1.68. The van der Waals surface area contributed by atoms with Crippen molar-refractivity contribution < 1.29 is 4.79 Å². The lowest BCUT2D eigenvalue weighted by atomic mass is 9.97. The molecule has 1 aromatic heterocycles. The Balaban J connectivity index is 0.000000442. The zero-order valence-electron chi connectivity index (χ0n) is 10.6. The van der Waals surface area contributed by atoms with E-state index in [4.69, 9.17) is 0 Å². The molecule has 0 aliphatic heterocycles. The third-order valence-corrected chi connectivity index (χ3v) is 2.32. The molecule has 0 bridgehead atoms. The highest BCUT2D eigenvalue weighted by molar-refractivity contribution is 5.98. The van der Waals surface area contributed by atoms with Gasteiger partial charge in [-0.3, -0.25) is 4.79 Å². The van der Waals surface area contributed by atoms with E-state index in [9.17, 15) is 4.79 Å². The van der Waals surface area contributed by atoms with Gasteiger partial charge in [-0.05, 0) is 18.9 Å². The smallest absolute Gasteiger partial charge is 0.164 e. The molecule has 0 atom stereocenters. The van der Waals surface area contributed by atoms with Crippen LogP contribution in [0, 0.1) is 0 Å². The Kier molecular flexibility index (Phi) is 6.76. The fraction of sp³-hybridized carbons (Fsp3) is 0.615. The van der Waals surface area contributed by atoms with Gasteiger partial charge >= 0.3 is 0 Å². The van der Waals surface area contributed by atoms with Gasteiger partial charge in [0, 0.05) is 30.9 Å². The summed E-state index contributed by atoms with van der Waals surface area (Å²) in [4.78, 5) is 11.3. The number of carbonyl (C=O) groups is 1. The van der Waals surface area contributed by atoms with Crippen molar-refractivity contribution >= 4 is 5.78 Å². The molecule has 0 N–H and O–H groups in total. The zero-order chi connectivity index (χ0) is 11.8. The van der Waals surface area contributed by atoms with Crippen molar-refractivity contribution in [1.29, 1.82) is 0 Å². The lowest BCUT2D eigenvalue weighted by Gasteiger charge is -2.11. The van der Waals surface area contributed by atoms with E-state index in [0.717, 1.165) is 24.8 Å². The summed E-state index contributed by atoms with van der Waals surface area (Å²) in [6.07, 6.45) is 4.78. The highest BCUT2D eigenvalue weighted by Gasteiger charge is 2.18. The molecule has 0 radical (unpaired) electrons. The highest BCUT2D eigenvalue weighted by atomic mass is 16.1. The number of aryl methyl sites for hydroxylation is 1. The Morgan fingerprint density at radius 2 is 1.73 bits per heavy atom. The largest absolute Gasteiger partial charge is 0.354 e. The number of fused-ring (bicyclic) bond motifs is 1. The molecule has 2 nitrogen and oxygen atoms in total. The van der Waals surface area contributed by atoms with Gasteiger partial charge in [-0.25, -0.2) is 0 Å². The molecule has 0 fully saturated rings. The molecule has 86 valence electrons. The van der Waals surface area contributed by atoms with Gasteiger partial charge in [0.2, 0.25) is 0 Å². The summed E-state index contributed by atoms with van der Waals surface area (Å²) in [5, 5.41) is 0. The second-order valence-electron chi connectivity index (χ2n) is 3.06. The van der Waals surface area contributed by atoms with Crippen LogP contribution in [-0.2, 0) is 13.5 Å². The van der Waals surface area contributed by atoms with Gasteiger partial charge < -0.3 is 4.57 Å². The van der Waals surface area contributed by atoms with E-state index in [1.165, 1.54) is 5.69 Å². The molecule has 1 heterocycles. The first kappa shape index (κ1) is 13.9. The minimum atomic E-state index is 0.312. The predicted octanol–water partition coefficient (Wildman–Crippen LogP) is 3.60. The number of nitrogens with zero attached hydrogens (tertiary/aromatic N) is 1. The molecule has 0 saturated heterocycles. The van der Waals surface area contributed by atoms with Gasteiger partial charge in [0.05, 0.1) is 0 Å². The van der Waals surface area contributed by atoms with Gasteiger partial charge in [-0.2, -0.15) is 0 Å². The van der Waals surface area contributed by atoms with Crippen molar-refractivity contribution in [3.8, 4) is 0 Å². The van der Waals surface area contributed by atoms with Crippen molar-refractivity contribution in [2.24, 2.45) is 7.05 Å². The third kappa shape index (κ3) is 3.22. The minimum Gasteiger partial charge on any atom is -0.354 e. The first-order valence-corrected chi connectivity index (χ1v) is 5.96. The number of hydrogen-bond acceptors (Lipinski definition) is 1. The van der Waals surface area contributed by atoms with Gasteiger partial charge in [0.15, 0.2) is 5.78 Å². The lowest BCUT2D eigenvalue weighted by molar-refractivity contribution is 0.0972. The number of ketones is 1. The Hall–Kier alpha value is -1.05. The van der Waals surface area contributed by atoms with Crippen LogP contribution in [0.2, 0.25) is 0 Å². The van der Waals surface area contributed by atoms with Crippen molar-refractivity contribution in [2.75, 3.05) is 0 Å². The van der Waals surface area contributed by atoms with E-state index in [1.54, 1.807) is 0 Å². The van der Waals surface area contributed by atoms with E-state index >= 15 is 0 Å². The summed E-state index contributed by atoms with van der Waals surface area (Å²) in [6, 6.07) is 1.93. The molecule has 1 aromatic rings. The molecular formula is C13H23NO. The van der Waals surface area contributed by atoms with E-state index in [0.29, 0.717) is 5.78 Å². The van der Waals surface area contributed by atoms with Crippen LogP contribution >= 0.6 is 0 Å². The van der Waals surface area contributed by atoms with Crippen molar-refractivity contribution in [1.82, 2.24) is 4.57 Å². The van der Waals surface area contributed by atoms with Crippen molar-refractivity contribution in [2.45, 2.75) is 47.0 Å². The molecule has 0 spiro atoms. The molecule has 0 amide bonds. The number of hydrogen-bond donors (Lipinski definition) is 0. The maximum absolute atomic E-state index is 11.3.